The molecule has 2 rings (SSSR count). The van der Waals surface area contributed by atoms with Gasteiger partial charge in [-0.1, -0.05) is 23.7 Å². The molecule has 0 spiro atoms. The van der Waals surface area contributed by atoms with Crippen LogP contribution in [-0.2, 0) is 0 Å². The summed E-state index contributed by atoms with van der Waals surface area (Å²) in [5, 5.41) is 10.3. The third-order valence-electron chi connectivity index (χ3n) is 3.49. The van der Waals surface area contributed by atoms with Crippen LogP contribution >= 0.6 is 11.6 Å². The molecule has 0 bridgehead atoms. The first-order chi connectivity index (χ1) is 7.59. The second kappa shape index (κ2) is 4.36. The molecule has 3 heteroatoms. The molecule has 0 aliphatic heterocycles. The summed E-state index contributed by atoms with van der Waals surface area (Å²) in [5.74, 6) is 0. The molecule has 0 radical (unpaired) electrons. The third kappa shape index (κ3) is 2.10. The molecule has 1 atom stereocenters. The average Bonchev–Trinajstić information content (AvgIpc) is 3.02. The predicted octanol–water partition coefficient (Wildman–Crippen LogP) is 2.72. The lowest BCUT2D eigenvalue weighted by Gasteiger charge is -2.32. The van der Waals surface area contributed by atoms with Crippen LogP contribution in [0.25, 0.3) is 0 Å². The van der Waals surface area contributed by atoms with Gasteiger partial charge in [-0.15, -0.1) is 0 Å². The Kier molecular flexibility index (Phi) is 3.24. The Morgan fingerprint density at radius 2 is 1.88 bits per heavy atom. The summed E-state index contributed by atoms with van der Waals surface area (Å²) in [5.41, 5.74) is 1.30. The Morgan fingerprint density at radius 3 is 2.25 bits per heavy atom. The zero-order chi connectivity index (χ0) is 11.8. The zero-order valence-electron chi connectivity index (χ0n) is 9.78. The van der Waals surface area contributed by atoms with Crippen molar-refractivity contribution >= 4 is 11.6 Å². The Bertz CT molecular complexity index is 357. The van der Waals surface area contributed by atoms with E-state index in [2.05, 4.69) is 31.1 Å². The lowest BCUT2D eigenvalue weighted by atomic mass is 9.90. The van der Waals surface area contributed by atoms with Crippen molar-refractivity contribution in [2.45, 2.75) is 18.9 Å². The molecular formula is C13H18ClNO. The largest absolute Gasteiger partial charge is 0.396 e. The van der Waals surface area contributed by atoms with Crippen LogP contribution in [0.1, 0.15) is 24.4 Å². The average molecular weight is 240 g/mol. The maximum absolute atomic E-state index is 9.54. The molecule has 88 valence electrons. The molecule has 1 aliphatic carbocycles. The number of halogens is 1. The van der Waals surface area contributed by atoms with Gasteiger partial charge < -0.3 is 10.0 Å². The van der Waals surface area contributed by atoms with Gasteiger partial charge in [-0.2, -0.15) is 0 Å². The molecule has 0 saturated heterocycles. The number of benzene rings is 1. The molecule has 2 nitrogen and oxygen atoms in total. The monoisotopic (exact) mass is 239 g/mol. The second-order valence-electron chi connectivity index (χ2n) is 4.94. The van der Waals surface area contributed by atoms with Crippen LogP contribution in [0, 0.1) is 5.41 Å². The highest BCUT2D eigenvalue weighted by atomic mass is 35.5. The summed E-state index contributed by atoms with van der Waals surface area (Å²) in [7, 11) is 4.13. The molecule has 1 unspecified atom stereocenters. The van der Waals surface area contributed by atoms with E-state index in [0.717, 1.165) is 17.9 Å². The van der Waals surface area contributed by atoms with E-state index in [-0.39, 0.29) is 18.1 Å². The topological polar surface area (TPSA) is 23.5 Å². The molecule has 1 aromatic carbocycles. The highest BCUT2D eigenvalue weighted by molar-refractivity contribution is 6.30. The van der Waals surface area contributed by atoms with E-state index in [0.29, 0.717) is 0 Å². The third-order valence-corrected chi connectivity index (χ3v) is 3.74. The van der Waals surface area contributed by atoms with Crippen molar-refractivity contribution in [3.05, 3.63) is 34.9 Å². The zero-order valence-corrected chi connectivity index (χ0v) is 10.5. The summed E-state index contributed by atoms with van der Waals surface area (Å²) in [6.45, 7) is 0.262. The number of aliphatic hydroxyl groups is 1. The fourth-order valence-electron chi connectivity index (χ4n) is 2.52. The molecular weight excluding hydrogens is 222 g/mol. The minimum Gasteiger partial charge on any atom is -0.396 e. The highest BCUT2D eigenvalue weighted by Crippen LogP contribution is 2.56. The molecule has 1 aromatic rings. The van der Waals surface area contributed by atoms with Crippen LogP contribution in [0.4, 0.5) is 0 Å². The second-order valence-corrected chi connectivity index (χ2v) is 5.37. The van der Waals surface area contributed by atoms with Crippen molar-refractivity contribution in [3.63, 3.8) is 0 Å². The lowest BCUT2D eigenvalue weighted by Crippen LogP contribution is -2.30. The molecule has 1 N–H and O–H groups in total. The van der Waals surface area contributed by atoms with E-state index in [1.807, 2.05) is 12.1 Å². The maximum atomic E-state index is 9.54. The van der Waals surface area contributed by atoms with Gasteiger partial charge in [0.1, 0.15) is 0 Å². The normalized spacial score (nSPS) is 19.8. The molecule has 1 fully saturated rings. The fraction of sp³-hybridized carbons (Fsp3) is 0.538. The van der Waals surface area contributed by atoms with Crippen molar-refractivity contribution in [3.8, 4) is 0 Å². The minimum atomic E-state index is 0.0668. The van der Waals surface area contributed by atoms with Gasteiger partial charge in [0.15, 0.2) is 0 Å². The van der Waals surface area contributed by atoms with Crippen LogP contribution in [0.5, 0.6) is 0 Å². The molecule has 0 amide bonds. The first-order valence-electron chi connectivity index (χ1n) is 5.62. The molecule has 0 heterocycles. The molecule has 16 heavy (non-hydrogen) atoms. The van der Waals surface area contributed by atoms with E-state index < -0.39 is 0 Å². The summed E-state index contributed by atoms with van der Waals surface area (Å²) in [6.07, 6.45) is 2.21. The Morgan fingerprint density at radius 1 is 1.31 bits per heavy atom. The van der Waals surface area contributed by atoms with Crippen molar-refractivity contribution in [2.75, 3.05) is 20.7 Å². The Labute approximate surface area is 102 Å². The van der Waals surface area contributed by atoms with Gasteiger partial charge in [0.2, 0.25) is 0 Å². The van der Waals surface area contributed by atoms with Crippen molar-refractivity contribution < 1.29 is 5.11 Å². The van der Waals surface area contributed by atoms with E-state index in [9.17, 15) is 5.11 Å². The van der Waals surface area contributed by atoms with Crippen LogP contribution in [0.2, 0.25) is 5.02 Å². The first-order valence-corrected chi connectivity index (χ1v) is 6.00. The smallest absolute Gasteiger partial charge is 0.0505 e. The first kappa shape index (κ1) is 11.9. The highest BCUT2D eigenvalue weighted by Gasteiger charge is 2.50. The summed E-state index contributed by atoms with van der Waals surface area (Å²) < 4.78 is 0. The van der Waals surface area contributed by atoms with Gasteiger partial charge in [-0.25, -0.2) is 0 Å². The van der Waals surface area contributed by atoms with Gasteiger partial charge in [0.05, 0.1) is 6.61 Å². The molecule has 1 saturated carbocycles. The summed E-state index contributed by atoms with van der Waals surface area (Å²) >= 11 is 5.90. The lowest BCUT2D eigenvalue weighted by molar-refractivity contribution is 0.115. The standard InChI is InChI=1S/C13H18ClNO/c1-15(2)12(13(9-16)7-8-13)10-3-5-11(14)6-4-10/h3-6,12,16H,7-9H2,1-2H3. The van der Waals surface area contributed by atoms with Crippen LogP contribution < -0.4 is 0 Å². The van der Waals surface area contributed by atoms with Crippen LogP contribution in [0.15, 0.2) is 24.3 Å². The number of hydrogen-bond donors (Lipinski definition) is 1. The maximum Gasteiger partial charge on any atom is 0.0505 e. The predicted molar refractivity (Wildman–Crippen MR) is 66.6 cm³/mol. The van der Waals surface area contributed by atoms with Gasteiger partial charge >= 0.3 is 0 Å². The SMILES string of the molecule is CN(C)C(c1ccc(Cl)cc1)C1(CO)CC1. The number of rotatable bonds is 4. The van der Waals surface area contributed by atoms with E-state index in [1.54, 1.807) is 0 Å². The van der Waals surface area contributed by atoms with Gasteiger partial charge in [-0.05, 0) is 44.6 Å². The van der Waals surface area contributed by atoms with Crippen LogP contribution in [0.3, 0.4) is 0 Å². The van der Waals surface area contributed by atoms with Gasteiger partial charge in [-0.3, -0.25) is 0 Å². The Balaban J connectivity index is 2.30. The number of hydrogen-bond acceptors (Lipinski definition) is 2. The molecule has 0 aromatic heterocycles. The summed E-state index contributed by atoms with van der Waals surface area (Å²) in [6, 6.07) is 8.24. The fourth-order valence-corrected chi connectivity index (χ4v) is 2.65. The number of aliphatic hydroxyl groups excluding tert-OH is 1. The van der Waals surface area contributed by atoms with Crippen LogP contribution in [-0.4, -0.2) is 30.7 Å². The van der Waals surface area contributed by atoms with E-state index in [1.165, 1.54) is 5.56 Å². The van der Waals surface area contributed by atoms with Gasteiger partial charge in [0.25, 0.3) is 0 Å². The minimum absolute atomic E-state index is 0.0668. The number of nitrogens with zero attached hydrogens (tertiary/aromatic N) is 1. The Hall–Kier alpha value is -0.570. The van der Waals surface area contributed by atoms with Crippen molar-refractivity contribution in [1.29, 1.82) is 0 Å². The van der Waals surface area contributed by atoms with Crippen molar-refractivity contribution in [1.82, 2.24) is 4.90 Å². The summed E-state index contributed by atoms with van der Waals surface area (Å²) in [4.78, 5) is 2.19. The van der Waals surface area contributed by atoms with Crippen molar-refractivity contribution in [2.24, 2.45) is 5.41 Å². The molecule has 1 aliphatic rings. The van der Waals surface area contributed by atoms with E-state index in [4.69, 9.17) is 11.6 Å². The quantitative estimate of drug-likeness (QED) is 0.874. The van der Waals surface area contributed by atoms with E-state index >= 15 is 0 Å². The van der Waals surface area contributed by atoms with Gasteiger partial charge in [0, 0.05) is 16.5 Å².